The summed E-state index contributed by atoms with van der Waals surface area (Å²) in [5.74, 6) is -1.20. The highest BCUT2D eigenvalue weighted by molar-refractivity contribution is 6.07. The maximum absolute atomic E-state index is 13.7. The van der Waals surface area contributed by atoms with Gasteiger partial charge in [0.25, 0.3) is 5.91 Å². The molecule has 8 nitrogen and oxygen atoms in total. The lowest BCUT2D eigenvalue weighted by atomic mass is 9.88. The lowest BCUT2D eigenvalue weighted by Gasteiger charge is -2.27. The van der Waals surface area contributed by atoms with Crippen molar-refractivity contribution in [2.24, 2.45) is 0 Å². The number of aryl methyl sites for hydroxylation is 1. The number of amides is 3. The Morgan fingerprint density at radius 1 is 1.03 bits per heavy atom. The molecule has 3 amide bonds. The number of nitrogens with one attached hydrogen (secondary N) is 3. The average molecular weight is 469 g/mol. The third-order valence-electron chi connectivity index (χ3n) is 6.63. The molecule has 0 radical (unpaired) electrons. The van der Waals surface area contributed by atoms with Gasteiger partial charge in [0.2, 0.25) is 0 Å². The van der Waals surface area contributed by atoms with E-state index in [1.54, 1.807) is 30.6 Å². The number of fused-ring (bicyclic) bond motifs is 2. The molecular formula is C26H20FN5O3. The second-order valence-corrected chi connectivity index (χ2v) is 8.83. The molecule has 1 atom stereocenters. The fourth-order valence-electron chi connectivity index (χ4n) is 4.84. The zero-order chi connectivity index (χ0) is 24.3. The minimum Gasteiger partial charge on any atom is -0.494 e. The first-order valence-electron chi connectivity index (χ1n) is 11.0. The number of carbonyl (C=O) groups excluding carboxylic acids is 2. The first-order valence-corrected chi connectivity index (χ1v) is 11.0. The molecule has 0 spiro atoms. The van der Waals surface area contributed by atoms with E-state index in [1.165, 1.54) is 16.7 Å². The number of aromatic hydroxyl groups is 1. The maximum atomic E-state index is 13.7. The van der Waals surface area contributed by atoms with E-state index < -0.39 is 23.3 Å². The molecule has 0 bridgehead atoms. The van der Waals surface area contributed by atoms with Crippen LogP contribution < -0.4 is 10.6 Å². The SMILES string of the molecule is Cc1cc(-c2ccc([C@]3(Cn4cc5ccc(F)cc5c4O)NC(=O)NC3=O)cc2)cc2cn[nH]c12. The average Bonchev–Trinajstić information content (AvgIpc) is 3.51. The number of carbonyl (C=O) groups is 2. The summed E-state index contributed by atoms with van der Waals surface area (Å²) >= 11 is 0. The van der Waals surface area contributed by atoms with E-state index in [9.17, 15) is 19.1 Å². The Labute approximate surface area is 198 Å². The quantitative estimate of drug-likeness (QED) is 0.297. The van der Waals surface area contributed by atoms with Crippen molar-refractivity contribution >= 4 is 33.6 Å². The second-order valence-electron chi connectivity index (χ2n) is 8.83. The van der Waals surface area contributed by atoms with E-state index >= 15 is 0 Å². The molecule has 5 aromatic rings. The summed E-state index contributed by atoms with van der Waals surface area (Å²) in [4.78, 5) is 25.2. The van der Waals surface area contributed by atoms with Crippen LogP contribution in [0.5, 0.6) is 5.88 Å². The number of halogens is 1. The van der Waals surface area contributed by atoms with Crippen LogP contribution in [0, 0.1) is 12.7 Å². The molecule has 1 aliphatic heterocycles. The van der Waals surface area contributed by atoms with Crippen LogP contribution in [-0.2, 0) is 16.9 Å². The standard InChI is InChI=1S/C26H20FN5O3/c1-14-8-17(9-18-11-28-31-22(14)18)15-2-5-19(6-3-15)26(24(34)29-25(35)30-26)13-32-12-16-4-7-20(27)10-21(16)23(32)33/h2-12,33H,13H2,1H3,(H,28,31)(H2,29,30,34,35)/t26-/m0/s1. The first-order chi connectivity index (χ1) is 16.8. The van der Waals surface area contributed by atoms with E-state index in [-0.39, 0.29) is 12.4 Å². The van der Waals surface area contributed by atoms with Crippen molar-refractivity contribution in [1.82, 2.24) is 25.4 Å². The zero-order valence-electron chi connectivity index (χ0n) is 18.6. The molecule has 0 aliphatic carbocycles. The van der Waals surface area contributed by atoms with Crippen molar-refractivity contribution < 1.29 is 19.1 Å². The number of rotatable bonds is 4. The van der Waals surface area contributed by atoms with E-state index in [0.29, 0.717) is 16.3 Å². The number of imide groups is 1. The largest absolute Gasteiger partial charge is 0.494 e. The van der Waals surface area contributed by atoms with E-state index in [0.717, 1.165) is 27.6 Å². The monoisotopic (exact) mass is 469 g/mol. The number of benzene rings is 3. The summed E-state index contributed by atoms with van der Waals surface area (Å²) in [5.41, 5.74) is 3.07. The first kappa shape index (κ1) is 20.9. The van der Waals surface area contributed by atoms with Gasteiger partial charge in [0.1, 0.15) is 5.82 Å². The summed E-state index contributed by atoms with van der Waals surface area (Å²) < 4.78 is 15.2. The summed E-state index contributed by atoms with van der Waals surface area (Å²) in [6.07, 6.45) is 3.40. The van der Waals surface area contributed by atoms with Gasteiger partial charge in [-0.15, -0.1) is 0 Å². The summed E-state index contributed by atoms with van der Waals surface area (Å²) in [6.45, 7) is 1.93. The molecule has 2 aromatic heterocycles. The Bertz CT molecular complexity index is 1650. The number of H-pyrrole nitrogens is 1. The lowest BCUT2D eigenvalue weighted by Crippen LogP contribution is -2.47. The van der Waals surface area contributed by atoms with Gasteiger partial charge in [-0.05, 0) is 59.5 Å². The third-order valence-corrected chi connectivity index (χ3v) is 6.63. The molecule has 0 unspecified atom stereocenters. The Balaban J connectivity index is 1.41. The van der Waals surface area contributed by atoms with Gasteiger partial charge < -0.3 is 15.0 Å². The lowest BCUT2D eigenvalue weighted by molar-refractivity contribution is -0.124. The van der Waals surface area contributed by atoms with Crippen LogP contribution in [0.15, 0.2) is 67.0 Å². The normalized spacial score (nSPS) is 17.8. The Hall–Kier alpha value is -4.66. The summed E-state index contributed by atoms with van der Waals surface area (Å²) in [7, 11) is 0. The molecule has 3 aromatic carbocycles. The molecule has 6 rings (SSSR count). The number of hydrogen-bond acceptors (Lipinski definition) is 4. The highest BCUT2D eigenvalue weighted by Crippen LogP contribution is 2.35. The number of aromatic amines is 1. The molecule has 35 heavy (non-hydrogen) atoms. The minimum atomic E-state index is -1.45. The molecular weight excluding hydrogens is 449 g/mol. The highest BCUT2D eigenvalue weighted by atomic mass is 19.1. The fraction of sp³-hybridized carbons (Fsp3) is 0.115. The van der Waals surface area contributed by atoms with Crippen molar-refractivity contribution in [3.63, 3.8) is 0 Å². The fourth-order valence-corrected chi connectivity index (χ4v) is 4.84. The van der Waals surface area contributed by atoms with Crippen molar-refractivity contribution in [2.45, 2.75) is 19.0 Å². The van der Waals surface area contributed by atoms with E-state index in [4.69, 9.17) is 0 Å². The smallest absolute Gasteiger partial charge is 0.322 e. The topological polar surface area (TPSA) is 112 Å². The van der Waals surface area contributed by atoms with Crippen LogP contribution >= 0.6 is 0 Å². The Morgan fingerprint density at radius 2 is 1.83 bits per heavy atom. The number of nitrogens with zero attached hydrogens (tertiary/aromatic N) is 2. The second kappa shape index (κ2) is 7.42. The van der Waals surface area contributed by atoms with Gasteiger partial charge in [0.05, 0.1) is 18.3 Å². The van der Waals surface area contributed by atoms with E-state index in [2.05, 4.69) is 26.9 Å². The van der Waals surface area contributed by atoms with Gasteiger partial charge in [-0.1, -0.05) is 24.3 Å². The predicted octanol–water partition coefficient (Wildman–Crippen LogP) is 4.07. The molecule has 3 heterocycles. The molecule has 1 fully saturated rings. The van der Waals surface area contributed by atoms with Crippen molar-refractivity contribution in [3.8, 4) is 17.0 Å². The highest BCUT2D eigenvalue weighted by Gasteiger charge is 2.48. The molecule has 0 saturated carbocycles. The number of urea groups is 1. The van der Waals surface area contributed by atoms with Crippen molar-refractivity contribution in [1.29, 1.82) is 0 Å². The van der Waals surface area contributed by atoms with Crippen LogP contribution in [-0.4, -0.2) is 31.8 Å². The molecule has 1 aliphatic rings. The predicted molar refractivity (Wildman–Crippen MR) is 128 cm³/mol. The van der Waals surface area contributed by atoms with Gasteiger partial charge in [-0.25, -0.2) is 9.18 Å². The van der Waals surface area contributed by atoms with Gasteiger partial charge in [0, 0.05) is 22.4 Å². The Morgan fingerprint density at radius 3 is 2.57 bits per heavy atom. The van der Waals surface area contributed by atoms with Crippen LogP contribution in [0.3, 0.4) is 0 Å². The van der Waals surface area contributed by atoms with Gasteiger partial charge in [-0.3, -0.25) is 15.2 Å². The summed E-state index contributed by atoms with van der Waals surface area (Å²) in [5, 5.41) is 24.8. The number of hydrogen-bond donors (Lipinski definition) is 4. The minimum absolute atomic E-state index is 0.0772. The van der Waals surface area contributed by atoms with Gasteiger partial charge in [-0.2, -0.15) is 5.10 Å². The summed E-state index contributed by atoms with van der Waals surface area (Å²) in [6, 6.07) is 14.9. The molecule has 1 saturated heterocycles. The van der Waals surface area contributed by atoms with E-state index in [1.807, 2.05) is 25.1 Å². The van der Waals surface area contributed by atoms with Crippen LogP contribution in [0.4, 0.5) is 9.18 Å². The van der Waals surface area contributed by atoms with Crippen LogP contribution in [0.25, 0.3) is 32.8 Å². The maximum Gasteiger partial charge on any atom is 0.322 e. The molecule has 4 N–H and O–H groups in total. The van der Waals surface area contributed by atoms with Crippen LogP contribution in [0.2, 0.25) is 0 Å². The molecule has 9 heteroatoms. The van der Waals surface area contributed by atoms with Crippen molar-refractivity contribution in [2.75, 3.05) is 0 Å². The van der Waals surface area contributed by atoms with Gasteiger partial charge >= 0.3 is 6.03 Å². The third kappa shape index (κ3) is 3.23. The van der Waals surface area contributed by atoms with Crippen LogP contribution in [0.1, 0.15) is 11.1 Å². The molecule has 174 valence electrons. The van der Waals surface area contributed by atoms with Gasteiger partial charge in [0.15, 0.2) is 11.4 Å². The van der Waals surface area contributed by atoms with Crippen molar-refractivity contribution in [3.05, 3.63) is 83.9 Å². The Kier molecular flexibility index (Phi) is 4.44. The number of aromatic nitrogens is 3. The zero-order valence-corrected chi connectivity index (χ0v) is 18.6.